The second-order valence-electron chi connectivity index (χ2n) is 4.06. The van der Waals surface area contributed by atoms with E-state index in [2.05, 4.69) is 26.2 Å². The minimum absolute atomic E-state index is 0.0723. The number of benzene rings is 1. The third-order valence-electron chi connectivity index (χ3n) is 2.51. The van der Waals surface area contributed by atoms with E-state index < -0.39 is 0 Å². The minimum atomic E-state index is -0.243. The van der Waals surface area contributed by atoms with Gasteiger partial charge in [-0.05, 0) is 59.3 Å². The molecule has 6 heteroatoms. The van der Waals surface area contributed by atoms with Crippen molar-refractivity contribution in [2.45, 2.75) is 6.92 Å². The minimum Gasteiger partial charge on any atom is -0.484 e. The standard InChI is InChI=1S/C14H12BrClN2O2/c1-9-12(6-7-13(15)17-9)18-14(19)8-20-11-4-2-10(16)3-5-11/h2-7H,8H2,1H3,(H,18,19). The summed E-state index contributed by atoms with van der Waals surface area (Å²) >= 11 is 9.04. The summed E-state index contributed by atoms with van der Waals surface area (Å²) in [4.78, 5) is 16.0. The normalized spacial score (nSPS) is 10.2. The van der Waals surface area contributed by atoms with Crippen molar-refractivity contribution in [2.24, 2.45) is 0 Å². The van der Waals surface area contributed by atoms with Crippen molar-refractivity contribution in [3.05, 3.63) is 51.7 Å². The van der Waals surface area contributed by atoms with E-state index in [0.717, 1.165) is 10.3 Å². The molecule has 1 N–H and O–H groups in total. The summed E-state index contributed by atoms with van der Waals surface area (Å²) in [5.74, 6) is 0.349. The zero-order valence-corrected chi connectivity index (χ0v) is 13.0. The summed E-state index contributed by atoms with van der Waals surface area (Å²) < 4.78 is 6.09. The molecule has 0 radical (unpaired) electrons. The molecule has 0 atom stereocenters. The smallest absolute Gasteiger partial charge is 0.262 e. The zero-order chi connectivity index (χ0) is 14.5. The number of rotatable bonds is 4. The number of hydrogen-bond donors (Lipinski definition) is 1. The Morgan fingerprint density at radius 1 is 1.30 bits per heavy atom. The van der Waals surface area contributed by atoms with E-state index in [1.807, 2.05) is 6.92 Å². The first-order chi connectivity index (χ1) is 9.54. The average molecular weight is 356 g/mol. The van der Waals surface area contributed by atoms with Gasteiger partial charge in [-0.25, -0.2) is 4.98 Å². The van der Waals surface area contributed by atoms with Crippen LogP contribution in [0.15, 0.2) is 41.0 Å². The molecule has 0 saturated heterocycles. The second-order valence-corrected chi connectivity index (χ2v) is 5.31. The van der Waals surface area contributed by atoms with E-state index in [9.17, 15) is 4.79 Å². The number of halogens is 2. The summed E-state index contributed by atoms with van der Waals surface area (Å²) in [6.45, 7) is 1.75. The number of nitrogens with one attached hydrogen (secondary N) is 1. The molecule has 0 fully saturated rings. The van der Waals surface area contributed by atoms with Crippen LogP contribution in [0.1, 0.15) is 5.69 Å². The molecule has 2 rings (SSSR count). The van der Waals surface area contributed by atoms with Crippen LogP contribution in [-0.2, 0) is 4.79 Å². The predicted molar refractivity (Wildman–Crippen MR) is 82.3 cm³/mol. The summed E-state index contributed by atoms with van der Waals surface area (Å²) in [6.07, 6.45) is 0. The summed E-state index contributed by atoms with van der Waals surface area (Å²) in [5, 5.41) is 3.37. The Labute approximate surface area is 130 Å². The Hall–Kier alpha value is -1.59. The van der Waals surface area contributed by atoms with Gasteiger partial charge in [0.05, 0.1) is 11.4 Å². The van der Waals surface area contributed by atoms with Gasteiger partial charge in [0, 0.05) is 5.02 Å². The molecule has 0 aliphatic rings. The van der Waals surface area contributed by atoms with Gasteiger partial charge in [0.1, 0.15) is 10.4 Å². The molecular weight excluding hydrogens is 344 g/mol. The quantitative estimate of drug-likeness (QED) is 0.848. The Kier molecular flexibility index (Phi) is 4.98. The molecule has 0 aliphatic heterocycles. The van der Waals surface area contributed by atoms with Crippen LogP contribution in [0.25, 0.3) is 0 Å². The van der Waals surface area contributed by atoms with Crippen LogP contribution in [0.5, 0.6) is 5.75 Å². The number of ether oxygens (including phenoxy) is 1. The zero-order valence-electron chi connectivity index (χ0n) is 10.7. The highest BCUT2D eigenvalue weighted by Gasteiger charge is 2.07. The van der Waals surface area contributed by atoms with Crippen molar-refractivity contribution in [3.8, 4) is 5.75 Å². The van der Waals surface area contributed by atoms with Gasteiger partial charge in [-0.3, -0.25) is 4.79 Å². The number of carbonyl (C=O) groups is 1. The number of anilines is 1. The Morgan fingerprint density at radius 2 is 2.00 bits per heavy atom. The molecule has 0 saturated carbocycles. The third-order valence-corrected chi connectivity index (χ3v) is 3.20. The van der Waals surface area contributed by atoms with Crippen molar-refractivity contribution in [2.75, 3.05) is 11.9 Å². The number of amides is 1. The molecular formula is C14H12BrClN2O2. The fourth-order valence-corrected chi connectivity index (χ4v) is 2.05. The van der Waals surface area contributed by atoms with Gasteiger partial charge in [-0.1, -0.05) is 11.6 Å². The number of pyridine rings is 1. The lowest BCUT2D eigenvalue weighted by Crippen LogP contribution is -2.20. The van der Waals surface area contributed by atoms with Crippen molar-refractivity contribution in [1.82, 2.24) is 4.98 Å². The lowest BCUT2D eigenvalue weighted by Gasteiger charge is -2.09. The Bertz CT molecular complexity index is 617. The van der Waals surface area contributed by atoms with Crippen molar-refractivity contribution in [1.29, 1.82) is 0 Å². The summed E-state index contributed by atoms with van der Waals surface area (Å²) in [6, 6.07) is 10.4. The highest BCUT2D eigenvalue weighted by molar-refractivity contribution is 9.10. The molecule has 4 nitrogen and oxygen atoms in total. The number of aryl methyl sites for hydroxylation is 1. The van der Waals surface area contributed by atoms with Crippen LogP contribution in [0, 0.1) is 6.92 Å². The molecule has 0 spiro atoms. The first-order valence-electron chi connectivity index (χ1n) is 5.86. The van der Waals surface area contributed by atoms with Gasteiger partial charge in [0.15, 0.2) is 6.61 Å². The molecule has 1 aromatic carbocycles. The monoisotopic (exact) mass is 354 g/mol. The van der Waals surface area contributed by atoms with Crippen LogP contribution in [0.2, 0.25) is 5.02 Å². The molecule has 1 aromatic heterocycles. The molecule has 0 unspecified atom stereocenters. The van der Waals surface area contributed by atoms with Crippen molar-refractivity contribution < 1.29 is 9.53 Å². The van der Waals surface area contributed by atoms with Gasteiger partial charge in [0.2, 0.25) is 0 Å². The van der Waals surface area contributed by atoms with Gasteiger partial charge < -0.3 is 10.1 Å². The maximum atomic E-state index is 11.8. The van der Waals surface area contributed by atoms with Crippen LogP contribution in [0.3, 0.4) is 0 Å². The SMILES string of the molecule is Cc1nc(Br)ccc1NC(=O)COc1ccc(Cl)cc1. The average Bonchev–Trinajstić information content (AvgIpc) is 2.41. The van der Waals surface area contributed by atoms with Crippen LogP contribution in [-0.4, -0.2) is 17.5 Å². The Morgan fingerprint density at radius 3 is 2.65 bits per heavy atom. The largest absolute Gasteiger partial charge is 0.484 e. The van der Waals surface area contributed by atoms with Gasteiger partial charge in [-0.2, -0.15) is 0 Å². The molecule has 1 amide bonds. The number of nitrogens with zero attached hydrogens (tertiary/aromatic N) is 1. The molecule has 2 aromatic rings. The summed E-state index contributed by atoms with van der Waals surface area (Å²) in [7, 11) is 0. The molecule has 0 aliphatic carbocycles. The van der Waals surface area contributed by atoms with Gasteiger partial charge >= 0.3 is 0 Å². The fourth-order valence-electron chi connectivity index (χ4n) is 1.53. The van der Waals surface area contributed by atoms with E-state index in [1.165, 1.54) is 0 Å². The number of hydrogen-bond acceptors (Lipinski definition) is 3. The third kappa shape index (κ3) is 4.21. The van der Waals surface area contributed by atoms with Crippen molar-refractivity contribution in [3.63, 3.8) is 0 Å². The van der Waals surface area contributed by atoms with E-state index in [-0.39, 0.29) is 12.5 Å². The van der Waals surface area contributed by atoms with E-state index in [4.69, 9.17) is 16.3 Å². The lowest BCUT2D eigenvalue weighted by molar-refractivity contribution is -0.118. The van der Waals surface area contributed by atoms with Crippen LogP contribution >= 0.6 is 27.5 Å². The molecule has 1 heterocycles. The van der Waals surface area contributed by atoms with Crippen molar-refractivity contribution >= 4 is 39.1 Å². The van der Waals surface area contributed by atoms with E-state index >= 15 is 0 Å². The number of carbonyl (C=O) groups excluding carboxylic acids is 1. The predicted octanol–water partition coefficient (Wildman–Crippen LogP) is 3.82. The molecule has 0 bridgehead atoms. The van der Waals surface area contributed by atoms with Crippen LogP contribution in [0.4, 0.5) is 5.69 Å². The lowest BCUT2D eigenvalue weighted by atomic mass is 10.3. The fraction of sp³-hybridized carbons (Fsp3) is 0.143. The second kappa shape index (κ2) is 6.72. The maximum absolute atomic E-state index is 11.8. The summed E-state index contributed by atoms with van der Waals surface area (Å²) in [5.41, 5.74) is 1.40. The Balaban J connectivity index is 1.90. The van der Waals surface area contributed by atoms with E-state index in [1.54, 1.807) is 36.4 Å². The molecule has 104 valence electrons. The van der Waals surface area contributed by atoms with Gasteiger partial charge in [0.25, 0.3) is 5.91 Å². The highest BCUT2D eigenvalue weighted by Crippen LogP contribution is 2.17. The first kappa shape index (κ1) is 14.8. The van der Waals surface area contributed by atoms with Crippen LogP contribution < -0.4 is 10.1 Å². The van der Waals surface area contributed by atoms with Gasteiger partial charge in [-0.15, -0.1) is 0 Å². The molecule has 20 heavy (non-hydrogen) atoms. The topological polar surface area (TPSA) is 51.2 Å². The highest BCUT2D eigenvalue weighted by atomic mass is 79.9. The van der Waals surface area contributed by atoms with E-state index in [0.29, 0.717) is 16.5 Å². The maximum Gasteiger partial charge on any atom is 0.262 e. The number of aromatic nitrogens is 1. The first-order valence-corrected chi connectivity index (χ1v) is 7.03.